The number of pyridine rings is 1. The van der Waals surface area contributed by atoms with E-state index >= 15 is 0 Å². The summed E-state index contributed by atoms with van der Waals surface area (Å²) in [5, 5.41) is 0. The first-order valence-electron chi connectivity index (χ1n) is 6.01. The Bertz CT molecular complexity index is 497. The molecule has 0 saturated carbocycles. The first-order chi connectivity index (χ1) is 8.54. The molecule has 0 radical (unpaired) electrons. The maximum Gasteiger partial charge on any atom is 0.356 e. The van der Waals surface area contributed by atoms with Gasteiger partial charge >= 0.3 is 5.97 Å². The number of ether oxygens (including phenoxy) is 1. The quantitative estimate of drug-likeness (QED) is 0.763. The second-order valence-electron chi connectivity index (χ2n) is 4.47. The molecule has 0 bridgehead atoms. The van der Waals surface area contributed by atoms with E-state index in [-0.39, 0.29) is 17.6 Å². The van der Waals surface area contributed by atoms with Crippen LogP contribution in [0.5, 0.6) is 0 Å². The van der Waals surface area contributed by atoms with Gasteiger partial charge in [0.05, 0.1) is 6.61 Å². The molecule has 18 heavy (non-hydrogen) atoms. The summed E-state index contributed by atoms with van der Waals surface area (Å²) >= 11 is 0. The fraction of sp³-hybridized carbons (Fsp3) is 0.462. The minimum atomic E-state index is -0.490. The number of fused-ring (bicyclic) bond motifs is 1. The Morgan fingerprint density at radius 1 is 1.56 bits per heavy atom. The van der Waals surface area contributed by atoms with Gasteiger partial charge in [-0.25, -0.2) is 9.78 Å². The number of rotatable bonds is 3. The Kier molecular flexibility index (Phi) is 3.32. The topological polar surface area (TPSA) is 59.5 Å². The van der Waals surface area contributed by atoms with Crippen LogP contribution in [-0.2, 0) is 11.3 Å². The number of carbonyl (C=O) groups is 2. The van der Waals surface area contributed by atoms with Crippen molar-refractivity contribution in [2.24, 2.45) is 0 Å². The van der Waals surface area contributed by atoms with E-state index in [2.05, 4.69) is 4.98 Å². The number of hydrogen-bond donors (Lipinski definition) is 0. The summed E-state index contributed by atoms with van der Waals surface area (Å²) in [6, 6.07) is 1.66. The minimum absolute atomic E-state index is 0.0482. The molecule has 2 rings (SSSR count). The van der Waals surface area contributed by atoms with Gasteiger partial charge in [-0.05, 0) is 26.8 Å². The zero-order valence-electron chi connectivity index (χ0n) is 10.8. The zero-order valence-corrected chi connectivity index (χ0v) is 10.8. The van der Waals surface area contributed by atoms with Crippen molar-refractivity contribution in [3.63, 3.8) is 0 Å². The van der Waals surface area contributed by atoms with E-state index in [1.807, 2.05) is 13.8 Å². The third-order valence-corrected chi connectivity index (χ3v) is 2.93. The van der Waals surface area contributed by atoms with Crippen LogP contribution in [-0.4, -0.2) is 34.4 Å². The van der Waals surface area contributed by atoms with Crippen molar-refractivity contribution in [1.29, 1.82) is 0 Å². The lowest BCUT2D eigenvalue weighted by Crippen LogP contribution is -2.30. The van der Waals surface area contributed by atoms with Gasteiger partial charge in [0.2, 0.25) is 0 Å². The second kappa shape index (κ2) is 4.76. The van der Waals surface area contributed by atoms with Crippen LogP contribution in [0.15, 0.2) is 12.3 Å². The first kappa shape index (κ1) is 12.5. The van der Waals surface area contributed by atoms with Crippen molar-refractivity contribution >= 4 is 11.9 Å². The molecule has 0 atom stereocenters. The first-order valence-corrected chi connectivity index (χ1v) is 6.01. The minimum Gasteiger partial charge on any atom is -0.461 e. The highest BCUT2D eigenvalue weighted by Crippen LogP contribution is 2.24. The zero-order chi connectivity index (χ0) is 13.3. The highest BCUT2D eigenvalue weighted by Gasteiger charge is 2.30. The van der Waals surface area contributed by atoms with E-state index in [1.54, 1.807) is 18.0 Å². The van der Waals surface area contributed by atoms with E-state index in [9.17, 15) is 9.59 Å². The second-order valence-corrected chi connectivity index (χ2v) is 4.47. The van der Waals surface area contributed by atoms with Crippen LogP contribution in [0.2, 0.25) is 0 Å². The largest absolute Gasteiger partial charge is 0.461 e. The number of carbonyl (C=O) groups excluding carboxylic acids is 2. The fourth-order valence-electron chi connectivity index (χ4n) is 1.95. The van der Waals surface area contributed by atoms with Crippen LogP contribution < -0.4 is 0 Å². The Morgan fingerprint density at radius 2 is 2.28 bits per heavy atom. The summed E-state index contributed by atoms with van der Waals surface area (Å²) < 4.78 is 4.87. The van der Waals surface area contributed by atoms with Gasteiger partial charge in [-0.3, -0.25) is 4.79 Å². The molecule has 0 aromatic carbocycles. The average Bonchev–Trinajstić information content (AvgIpc) is 2.67. The van der Waals surface area contributed by atoms with Gasteiger partial charge in [0.1, 0.15) is 5.69 Å². The summed E-state index contributed by atoms with van der Waals surface area (Å²) in [4.78, 5) is 29.5. The van der Waals surface area contributed by atoms with Gasteiger partial charge in [0.15, 0.2) is 0 Å². The van der Waals surface area contributed by atoms with Gasteiger partial charge < -0.3 is 9.64 Å². The molecule has 96 valence electrons. The summed E-state index contributed by atoms with van der Waals surface area (Å²) in [6.07, 6.45) is 1.59. The van der Waals surface area contributed by atoms with Gasteiger partial charge in [-0.1, -0.05) is 0 Å². The SMILES string of the molecule is CCOC(=O)c1cc2c(cn1)CN(C(C)C)C2=O. The lowest BCUT2D eigenvalue weighted by molar-refractivity contribution is 0.0519. The van der Waals surface area contributed by atoms with Crippen molar-refractivity contribution in [3.8, 4) is 0 Å². The summed E-state index contributed by atoms with van der Waals surface area (Å²) in [7, 11) is 0. The van der Waals surface area contributed by atoms with Gasteiger partial charge in [0.25, 0.3) is 5.91 Å². The van der Waals surface area contributed by atoms with Crippen LogP contribution in [0, 0.1) is 0 Å². The third kappa shape index (κ3) is 2.08. The molecular formula is C13H16N2O3. The lowest BCUT2D eigenvalue weighted by atomic mass is 10.1. The Balaban J connectivity index is 2.30. The smallest absolute Gasteiger partial charge is 0.356 e. The molecule has 0 N–H and O–H groups in total. The molecule has 1 aliphatic rings. The van der Waals surface area contributed by atoms with Crippen molar-refractivity contribution in [1.82, 2.24) is 9.88 Å². The van der Waals surface area contributed by atoms with Crippen molar-refractivity contribution in [3.05, 3.63) is 29.1 Å². The molecule has 0 saturated heterocycles. The van der Waals surface area contributed by atoms with Crippen LogP contribution >= 0.6 is 0 Å². The molecule has 0 unspecified atom stereocenters. The molecule has 0 aliphatic carbocycles. The molecule has 1 aliphatic heterocycles. The highest BCUT2D eigenvalue weighted by atomic mass is 16.5. The van der Waals surface area contributed by atoms with Gasteiger partial charge in [-0.15, -0.1) is 0 Å². The van der Waals surface area contributed by atoms with Crippen LogP contribution in [0.4, 0.5) is 0 Å². The van der Waals surface area contributed by atoms with E-state index in [4.69, 9.17) is 4.74 Å². The summed E-state index contributed by atoms with van der Waals surface area (Å²) in [5.41, 5.74) is 1.61. The lowest BCUT2D eigenvalue weighted by Gasteiger charge is -2.19. The number of aromatic nitrogens is 1. The van der Waals surface area contributed by atoms with Crippen molar-refractivity contribution in [2.75, 3.05) is 6.61 Å². The molecule has 1 aromatic rings. The van der Waals surface area contributed by atoms with E-state index < -0.39 is 5.97 Å². The molecule has 1 aromatic heterocycles. The number of nitrogens with zero attached hydrogens (tertiary/aromatic N) is 2. The summed E-state index contributed by atoms with van der Waals surface area (Å²) in [5.74, 6) is -0.538. The number of esters is 1. The average molecular weight is 248 g/mol. The molecule has 0 fully saturated rings. The molecular weight excluding hydrogens is 232 g/mol. The van der Waals surface area contributed by atoms with Crippen molar-refractivity contribution in [2.45, 2.75) is 33.4 Å². The Labute approximate surface area is 106 Å². The maximum absolute atomic E-state index is 12.1. The molecule has 1 amide bonds. The predicted octanol–water partition coefficient (Wildman–Crippen LogP) is 1.62. The van der Waals surface area contributed by atoms with Crippen LogP contribution in [0.3, 0.4) is 0 Å². The predicted molar refractivity (Wildman–Crippen MR) is 65.2 cm³/mol. The molecule has 5 nitrogen and oxygen atoms in total. The third-order valence-electron chi connectivity index (χ3n) is 2.93. The van der Waals surface area contributed by atoms with E-state index in [0.717, 1.165) is 5.56 Å². The summed E-state index contributed by atoms with van der Waals surface area (Å²) in [6.45, 7) is 6.51. The number of hydrogen-bond acceptors (Lipinski definition) is 4. The molecule has 0 spiro atoms. The van der Waals surface area contributed by atoms with E-state index in [1.165, 1.54) is 6.07 Å². The molecule has 2 heterocycles. The van der Waals surface area contributed by atoms with Crippen molar-refractivity contribution < 1.29 is 14.3 Å². The van der Waals surface area contributed by atoms with Gasteiger partial charge in [-0.2, -0.15) is 0 Å². The van der Waals surface area contributed by atoms with Crippen LogP contribution in [0.1, 0.15) is 47.2 Å². The van der Waals surface area contributed by atoms with E-state index in [0.29, 0.717) is 18.7 Å². The maximum atomic E-state index is 12.1. The van der Waals surface area contributed by atoms with Crippen LogP contribution in [0.25, 0.3) is 0 Å². The monoisotopic (exact) mass is 248 g/mol. The molecule has 5 heteroatoms. The number of amides is 1. The normalized spacial score (nSPS) is 14.0. The Hall–Kier alpha value is -1.91. The highest BCUT2D eigenvalue weighted by molar-refractivity contribution is 6.00. The fourth-order valence-corrected chi connectivity index (χ4v) is 1.95. The standard InChI is InChI=1S/C13H16N2O3/c1-4-18-13(17)11-5-10-9(6-14-11)7-15(8(2)3)12(10)16/h5-6,8H,4,7H2,1-3H3. The Morgan fingerprint density at radius 3 is 2.89 bits per heavy atom. The van der Waals surface area contributed by atoms with Gasteiger partial charge in [0, 0.05) is 29.9 Å².